The highest BCUT2D eigenvalue weighted by atomic mass is 15.3. The van der Waals surface area contributed by atoms with Gasteiger partial charge in [0.15, 0.2) is 5.96 Å². The Hall–Kier alpha value is -1.49. The number of hydrogen-bond acceptors (Lipinski definition) is 2. The molecule has 1 fully saturated rings. The molecule has 1 aromatic heterocycles. The zero-order valence-corrected chi connectivity index (χ0v) is 13.0. The molecule has 5 nitrogen and oxygen atoms in total. The fourth-order valence-corrected chi connectivity index (χ4v) is 2.70. The summed E-state index contributed by atoms with van der Waals surface area (Å²) in [5, 5.41) is 3.45. The summed E-state index contributed by atoms with van der Waals surface area (Å²) in [5.74, 6) is 0.963. The van der Waals surface area contributed by atoms with Gasteiger partial charge in [0.1, 0.15) is 0 Å². The summed E-state index contributed by atoms with van der Waals surface area (Å²) in [5.41, 5.74) is 1.29. The molecular weight excluding hydrogens is 250 g/mol. The van der Waals surface area contributed by atoms with Crippen LogP contribution in [0.3, 0.4) is 0 Å². The van der Waals surface area contributed by atoms with Crippen LogP contribution in [0.25, 0.3) is 0 Å². The SMILES string of the molecule is CN=C(NCCN1CCCC1)N(C)Cc1cccn1C. The molecule has 0 radical (unpaired) electrons. The van der Waals surface area contributed by atoms with Crippen molar-refractivity contribution < 1.29 is 0 Å². The number of nitrogens with one attached hydrogen (secondary N) is 1. The number of aromatic nitrogens is 1. The molecule has 0 amide bonds. The highest BCUT2D eigenvalue weighted by Gasteiger charge is 2.12. The van der Waals surface area contributed by atoms with E-state index in [0.717, 1.165) is 25.6 Å². The Labute approximate surface area is 122 Å². The van der Waals surface area contributed by atoms with Crippen LogP contribution in [0.4, 0.5) is 0 Å². The number of aliphatic imine (C=N–C) groups is 1. The molecule has 0 unspecified atom stereocenters. The molecule has 112 valence electrons. The smallest absolute Gasteiger partial charge is 0.193 e. The van der Waals surface area contributed by atoms with E-state index in [9.17, 15) is 0 Å². The lowest BCUT2D eigenvalue weighted by Gasteiger charge is -2.23. The molecule has 2 rings (SSSR count). The first-order valence-corrected chi connectivity index (χ1v) is 7.45. The summed E-state index contributed by atoms with van der Waals surface area (Å²) in [7, 11) is 6.00. The molecule has 1 aliphatic rings. The van der Waals surface area contributed by atoms with Gasteiger partial charge in [-0.1, -0.05) is 0 Å². The largest absolute Gasteiger partial charge is 0.355 e. The molecular formula is C15H27N5. The minimum absolute atomic E-state index is 0.868. The Morgan fingerprint density at radius 3 is 2.75 bits per heavy atom. The standard InChI is InChI=1S/C15H27N5/c1-16-15(17-8-12-20-10-4-5-11-20)19(3)13-14-7-6-9-18(14)2/h6-7,9H,4-5,8,10-13H2,1-3H3,(H,16,17). The van der Waals surface area contributed by atoms with Gasteiger partial charge in [-0.3, -0.25) is 4.99 Å². The summed E-state index contributed by atoms with van der Waals surface area (Å²) in [6, 6.07) is 4.22. The van der Waals surface area contributed by atoms with E-state index in [1.165, 1.54) is 31.6 Å². The molecule has 0 aromatic carbocycles. The van der Waals surface area contributed by atoms with Crippen LogP contribution >= 0.6 is 0 Å². The lowest BCUT2D eigenvalue weighted by molar-refractivity contribution is 0.340. The molecule has 0 saturated carbocycles. The van der Waals surface area contributed by atoms with Gasteiger partial charge >= 0.3 is 0 Å². The van der Waals surface area contributed by atoms with Crippen LogP contribution in [0.15, 0.2) is 23.3 Å². The fraction of sp³-hybridized carbons (Fsp3) is 0.667. The normalized spacial score (nSPS) is 16.6. The summed E-state index contributed by atoms with van der Waals surface area (Å²) in [6.45, 7) is 5.44. The quantitative estimate of drug-likeness (QED) is 0.647. The average Bonchev–Trinajstić information content (AvgIpc) is 3.07. The van der Waals surface area contributed by atoms with Gasteiger partial charge in [-0.2, -0.15) is 0 Å². The number of aryl methyl sites for hydroxylation is 1. The van der Waals surface area contributed by atoms with Crippen molar-refractivity contribution in [3.8, 4) is 0 Å². The Balaban J connectivity index is 1.77. The Bertz CT molecular complexity index is 431. The Kier molecular flexibility index (Phi) is 5.47. The lowest BCUT2D eigenvalue weighted by atomic mass is 10.4. The van der Waals surface area contributed by atoms with Gasteiger partial charge in [-0.15, -0.1) is 0 Å². The zero-order valence-electron chi connectivity index (χ0n) is 13.0. The van der Waals surface area contributed by atoms with Crippen molar-refractivity contribution in [3.05, 3.63) is 24.0 Å². The van der Waals surface area contributed by atoms with Crippen molar-refractivity contribution in [3.63, 3.8) is 0 Å². The van der Waals surface area contributed by atoms with E-state index in [2.05, 4.69) is 57.1 Å². The maximum Gasteiger partial charge on any atom is 0.193 e. The molecule has 0 atom stereocenters. The van der Waals surface area contributed by atoms with E-state index >= 15 is 0 Å². The fourth-order valence-electron chi connectivity index (χ4n) is 2.70. The maximum absolute atomic E-state index is 4.37. The zero-order chi connectivity index (χ0) is 14.4. The molecule has 1 aliphatic heterocycles. The van der Waals surface area contributed by atoms with Crippen LogP contribution in [0.2, 0.25) is 0 Å². The van der Waals surface area contributed by atoms with Crippen LogP contribution in [-0.4, -0.2) is 60.6 Å². The van der Waals surface area contributed by atoms with Crippen LogP contribution in [0.1, 0.15) is 18.5 Å². The van der Waals surface area contributed by atoms with E-state index < -0.39 is 0 Å². The Morgan fingerprint density at radius 2 is 2.15 bits per heavy atom. The summed E-state index contributed by atoms with van der Waals surface area (Å²) in [6.07, 6.45) is 4.77. The van der Waals surface area contributed by atoms with Gasteiger partial charge < -0.3 is 19.7 Å². The summed E-state index contributed by atoms with van der Waals surface area (Å²) >= 11 is 0. The van der Waals surface area contributed by atoms with Gasteiger partial charge in [0.2, 0.25) is 0 Å². The van der Waals surface area contributed by atoms with Crippen molar-refractivity contribution in [2.24, 2.45) is 12.0 Å². The highest BCUT2D eigenvalue weighted by molar-refractivity contribution is 5.79. The van der Waals surface area contributed by atoms with Crippen LogP contribution in [0.5, 0.6) is 0 Å². The van der Waals surface area contributed by atoms with Gasteiger partial charge in [0, 0.05) is 46.1 Å². The molecule has 0 bridgehead atoms. The van der Waals surface area contributed by atoms with Gasteiger partial charge in [0.25, 0.3) is 0 Å². The van der Waals surface area contributed by atoms with E-state index in [1.54, 1.807) is 0 Å². The van der Waals surface area contributed by atoms with Gasteiger partial charge in [-0.25, -0.2) is 0 Å². The van der Waals surface area contributed by atoms with Crippen molar-refractivity contribution in [2.45, 2.75) is 19.4 Å². The predicted molar refractivity (Wildman–Crippen MR) is 83.9 cm³/mol. The summed E-state index contributed by atoms with van der Waals surface area (Å²) < 4.78 is 2.15. The van der Waals surface area contributed by atoms with E-state index in [1.807, 2.05) is 7.05 Å². The third-order valence-electron chi connectivity index (χ3n) is 3.93. The second-order valence-corrected chi connectivity index (χ2v) is 5.49. The summed E-state index contributed by atoms with van der Waals surface area (Å²) in [4.78, 5) is 9.04. The first-order chi connectivity index (χ1) is 9.70. The van der Waals surface area contributed by atoms with E-state index in [0.29, 0.717) is 0 Å². The highest BCUT2D eigenvalue weighted by Crippen LogP contribution is 2.06. The van der Waals surface area contributed by atoms with Gasteiger partial charge in [0.05, 0.1) is 6.54 Å². The first-order valence-electron chi connectivity index (χ1n) is 7.45. The van der Waals surface area contributed by atoms with Crippen molar-refractivity contribution in [1.29, 1.82) is 0 Å². The minimum atomic E-state index is 0.868. The second kappa shape index (κ2) is 7.33. The lowest BCUT2D eigenvalue weighted by Crippen LogP contribution is -2.42. The molecule has 1 saturated heterocycles. The van der Waals surface area contributed by atoms with Crippen LogP contribution in [0, 0.1) is 0 Å². The molecule has 1 N–H and O–H groups in total. The average molecular weight is 277 g/mol. The molecule has 0 aliphatic carbocycles. The predicted octanol–water partition coefficient (Wildman–Crippen LogP) is 1.13. The maximum atomic E-state index is 4.37. The van der Waals surface area contributed by atoms with E-state index in [4.69, 9.17) is 0 Å². The van der Waals surface area contributed by atoms with Crippen LogP contribution < -0.4 is 5.32 Å². The molecule has 0 spiro atoms. The number of nitrogens with zero attached hydrogens (tertiary/aromatic N) is 4. The third-order valence-corrected chi connectivity index (χ3v) is 3.93. The number of rotatable bonds is 5. The molecule has 20 heavy (non-hydrogen) atoms. The van der Waals surface area contributed by atoms with Gasteiger partial charge in [-0.05, 0) is 38.1 Å². The van der Waals surface area contributed by atoms with Crippen molar-refractivity contribution in [2.75, 3.05) is 40.3 Å². The van der Waals surface area contributed by atoms with Crippen LogP contribution in [-0.2, 0) is 13.6 Å². The van der Waals surface area contributed by atoms with E-state index in [-0.39, 0.29) is 0 Å². The minimum Gasteiger partial charge on any atom is -0.355 e. The topological polar surface area (TPSA) is 35.8 Å². The second-order valence-electron chi connectivity index (χ2n) is 5.49. The number of hydrogen-bond donors (Lipinski definition) is 1. The number of likely N-dealkylation sites (tertiary alicyclic amines) is 1. The van der Waals surface area contributed by atoms with Crippen molar-refractivity contribution >= 4 is 5.96 Å². The first kappa shape index (κ1) is 14.9. The number of guanidine groups is 1. The Morgan fingerprint density at radius 1 is 1.40 bits per heavy atom. The molecule has 2 heterocycles. The molecule has 5 heteroatoms. The monoisotopic (exact) mass is 277 g/mol. The third kappa shape index (κ3) is 4.00. The van der Waals surface area contributed by atoms with Crippen molar-refractivity contribution in [1.82, 2.24) is 19.7 Å². The molecule has 1 aromatic rings.